The third kappa shape index (κ3) is 6.49. The predicted octanol–water partition coefficient (Wildman–Crippen LogP) is 6.32. The Morgan fingerprint density at radius 3 is 2.46 bits per heavy atom. The van der Waals surface area contributed by atoms with E-state index in [1.54, 1.807) is 11.8 Å². The van der Waals surface area contributed by atoms with E-state index in [0.717, 1.165) is 63.4 Å². The summed E-state index contributed by atoms with van der Waals surface area (Å²) < 4.78 is 36.4. The lowest BCUT2D eigenvalue weighted by molar-refractivity contribution is -0.608. The van der Waals surface area contributed by atoms with E-state index in [2.05, 4.69) is 82.3 Å². The minimum absolute atomic E-state index is 0.270. The molecule has 0 amide bonds. The minimum Gasteiger partial charge on any atom is -0.748 e. The molecule has 1 aromatic heterocycles. The Kier molecular flexibility index (Phi) is 8.42. The molecule has 6 nitrogen and oxygen atoms in total. The Labute approximate surface area is 250 Å². The van der Waals surface area contributed by atoms with Crippen molar-refractivity contribution >= 4 is 56.3 Å². The maximum absolute atomic E-state index is 11.3. The fraction of sp³-hybridized carbons (Fsp3) is 0.281. The van der Waals surface area contributed by atoms with Gasteiger partial charge in [-0.3, -0.25) is 0 Å². The quantitative estimate of drug-likeness (QED) is 0.186. The molecule has 1 aliphatic carbocycles. The summed E-state index contributed by atoms with van der Waals surface area (Å²) in [6.45, 7) is 0.454. The molecular weight excluding hydrogens is 571 g/mol. The van der Waals surface area contributed by atoms with Gasteiger partial charge >= 0.3 is 0 Å². The lowest BCUT2D eigenvalue weighted by Crippen LogP contribution is -2.36. The van der Waals surface area contributed by atoms with Gasteiger partial charge in [-0.15, -0.1) is 4.57 Å². The molecule has 4 aromatic rings. The van der Waals surface area contributed by atoms with Crippen LogP contribution in [0.5, 0.6) is 0 Å². The number of aromatic nitrogens is 1. The fourth-order valence-corrected chi connectivity index (χ4v) is 8.63. The molecule has 9 heteroatoms. The number of anilines is 1. The van der Waals surface area contributed by atoms with Crippen molar-refractivity contribution in [1.29, 1.82) is 0 Å². The maximum Gasteiger partial charge on any atom is 0.247 e. The number of fused-ring (bicyclic) bond motifs is 2. The van der Waals surface area contributed by atoms with Crippen LogP contribution in [0.1, 0.15) is 37.7 Å². The number of benzene rings is 3. The smallest absolute Gasteiger partial charge is 0.247 e. The van der Waals surface area contributed by atoms with Crippen molar-refractivity contribution in [1.82, 2.24) is 0 Å². The molecule has 0 radical (unpaired) electrons. The number of nitrogens with two attached hydrogens (primary N) is 1. The summed E-state index contributed by atoms with van der Waals surface area (Å²) in [5, 5.41) is 3.85. The average Bonchev–Trinajstić information content (AvgIpc) is 3.31. The van der Waals surface area contributed by atoms with Crippen molar-refractivity contribution in [2.24, 2.45) is 5.73 Å². The molecule has 6 rings (SSSR count). The van der Waals surface area contributed by atoms with Crippen molar-refractivity contribution in [2.45, 2.75) is 53.3 Å². The molecule has 3 aromatic carbocycles. The van der Waals surface area contributed by atoms with Gasteiger partial charge in [-0.2, -0.15) is 0 Å². The SMILES string of the molecule is NC1CCC(Sc2cc(/C=C3/Sc4ccccc4N3CCCS(=O)(=O)[O-])c3ccccc3[n+]2-c2ccccc2)CC1. The van der Waals surface area contributed by atoms with Gasteiger partial charge < -0.3 is 15.2 Å². The van der Waals surface area contributed by atoms with Crippen LogP contribution in [0.25, 0.3) is 22.7 Å². The third-order valence-electron chi connectivity index (χ3n) is 7.67. The van der Waals surface area contributed by atoms with Crippen LogP contribution in [-0.4, -0.2) is 36.6 Å². The van der Waals surface area contributed by atoms with E-state index in [-0.39, 0.29) is 12.2 Å². The standard InChI is InChI=1S/C32H33N3O3S3/c33-24-15-17-26(18-16-24)39-32-22-23(27-11-4-5-12-28(27)35(32)25-9-2-1-3-10-25)21-31-34(19-8-20-41(36,37)38)29-13-6-7-14-30(29)40-31/h1-7,9-14,21-22,24,26H,8,15-20,33H2. The van der Waals surface area contributed by atoms with Gasteiger partial charge in [-0.1, -0.05) is 66.0 Å². The highest BCUT2D eigenvalue weighted by Gasteiger charge is 2.29. The number of pyridine rings is 1. The normalized spacial score (nSPS) is 20.0. The molecule has 0 saturated heterocycles. The molecule has 0 spiro atoms. The molecule has 0 atom stereocenters. The van der Waals surface area contributed by atoms with E-state index in [1.807, 2.05) is 30.0 Å². The van der Waals surface area contributed by atoms with E-state index in [0.29, 0.717) is 17.8 Å². The van der Waals surface area contributed by atoms with Gasteiger partial charge in [0.05, 0.1) is 26.2 Å². The van der Waals surface area contributed by atoms with Crippen LogP contribution in [0.4, 0.5) is 5.69 Å². The number of nitrogens with zero attached hydrogens (tertiary/aromatic N) is 2. The van der Waals surface area contributed by atoms with Crippen LogP contribution in [0.15, 0.2) is 99.9 Å². The number of para-hydroxylation sites is 3. The van der Waals surface area contributed by atoms with E-state index < -0.39 is 10.1 Å². The van der Waals surface area contributed by atoms with E-state index in [9.17, 15) is 13.0 Å². The van der Waals surface area contributed by atoms with Crippen LogP contribution < -0.4 is 15.2 Å². The zero-order valence-electron chi connectivity index (χ0n) is 22.7. The Hall–Kier alpha value is -2.82. The second kappa shape index (κ2) is 12.2. The molecule has 1 fully saturated rings. The van der Waals surface area contributed by atoms with Gasteiger partial charge in [0.25, 0.3) is 0 Å². The lowest BCUT2D eigenvalue weighted by atomic mass is 9.96. The molecule has 2 heterocycles. The second-order valence-corrected chi connectivity index (χ2v) is 14.5. The number of rotatable bonds is 8. The highest BCUT2D eigenvalue weighted by atomic mass is 32.2. The van der Waals surface area contributed by atoms with Crippen LogP contribution in [-0.2, 0) is 10.1 Å². The van der Waals surface area contributed by atoms with Gasteiger partial charge in [0.2, 0.25) is 16.2 Å². The number of thioether (sulfide) groups is 2. The first-order chi connectivity index (χ1) is 19.9. The zero-order chi connectivity index (χ0) is 28.4. The van der Waals surface area contributed by atoms with Gasteiger partial charge in [-0.25, -0.2) is 8.42 Å². The predicted molar refractivity (Wildman–Crippen MR) is 168 cm³/mol. The highest BCUT2D eigenvalue weighted by Crippen LogP contribution is 2.47. The van der Waals surface area contributed by atoms with Gasteiger partial charge in [0.15, 0.2) is 0 Å². The Bertz CT molecular complexity index is 1680. The summed E-state index contributed by atoms with van der Waals surface area (Å²) in [6.07, 6.45) is 6.80. The molecule has 0 bridgehead atoms. The average molecular weight is 604 g/mol. The van der Waals surface area contributed by atoms with E-state index in [4.69, 9.17) is 5.73 Å². The molecule has 41 heavy (non-hydrogen) atoms. The molecule has 1 aliphatic heterocycles. The summed E-state index contributed by atoms with van der Waals surface area (Å²) in [5.74, 6) is -0.374. The molecule has 1 saturated carbocycles. The van der Waals surface area contributed by atoms with Gasteiger partial charge in [-0.05, 0) is 61.9 Å². The second-order valence-electron chi connectivity index (χ2n) is 10.6. The van der Waals surface area contributed by atoms with Crippen molar-refractivity contribution in [3.05, 3.63) is 95.5 Å². The molecule has 212 valence electrons. The number of hydrogen-bond acceptors (Lipinski definition) is 7. The highest BCUT2D eigenvalue weighted by molar-refractivity contribution is 8.04. The summed E-state index contributed by atoms with van der Waals surface area (Å²) in [5.41, 5.74) is 10.6. The first-order valence-electron chi connectivity index (χ1n) is 14.0. The summed E-state index contributed by atoms with van der Waals surface area (Å²) in [6, 6.07) is 29.7. The molecule has 2 aliphatic rings. The van der Waals surface area contributed by atoms with Gasteiger partial charge in [0, 0.05) is 52.8 Å². The topological polar surface area (TPSA) is 90.3 Å². The minimum atomic E-state index is -4.27. The first kappa shape index (κ1) is 28.3. The summed E-state index contributed by atoms with van der Waals surface area (Å²) >= 11 is 3.62. The third-order valence-corrected chi connectivity index (χ3v) is 10.9. The summed E-state index contributed by atoms with van der Waals surface area (Å²) in [7, 11) is -4.27. The summed E-state index contributed by atoms with van der Waals surface area (Å²) in [4.78, 5) is 3.27. The van der Waals surface area contributed by atoms with Crippen LogP contribution in [0.3, 0.4) is 0 Å². The number of hydrogen-bond donors (Lipinski definition) is 1. The maximum atomic E-state index is 11.3. The fourth-order valence-electron chi connectivity index (χ4n) is 5.66. The largest absolute Gasteiger partial charge is 0.748 e. The van der Waals surface area contributed by atoms with Crippen LogP contribution >= 0.6 is 23.5 Å². The van der Waals surface area contributed by atoms with E-state index in [1.165, 1.54) is 5.03 Å². The van der Waals surface area contributed by atoms with Crippen molar-refractivity contribution in [2.75, 3.05) is 17.2 Å². The molecular formula is C32H33N3O3S3. The zero-order valence-corrected chi connectivity index (χ0v) is 25.1. The first-order valence-corrected chi connectivity index (χ1v) is 17.3. The Morgan fingerprint density at radius 1 is 0.976 bits per heavy atom. The van der Waals surface area contributed by atoms with Gasteiger partial charge in [0.1, 0.15) is 0 Å². The van der Waals surface area contributed by atoms with Crippen molar-refractivity contribution in [3.63, 3.8) is 0 Å². The lowest BCUT2D eigenvalue weighted by Gasteiger charge is -2.25. The van der Waals surface area contributed by atoms with Crippen LogP contribution in [0.2, 0.25) is 0 Å². The molecule has 2 N–H and O–H groups in total. The monoisotopic (exact) mass is 603 g/mol. The molecule has 0 unspecified atom stereocenters. The van der Waals surface area contributed by atoms with E-state index >= 15 is 0 Å². The van der Waals surface area contributed by atoms with Crippen molar-refractivity contribution in [3.8, 4) is 5.69 Å². The van der Waals surface area contributed by atoms with Crippen molar-refractivity contribution < 1.29 is 17.5 Å². The Balaban J connectivity index is 1.46. The van der Waals surface area contributed by atoms with Crippen LogP contribution in [0, 0.1) is 0 Å². The Morgan fingerprint density at radius 2 is 1.68 bits per heavy atom.